The summed E-state index contributed by atoms with van der Waals surface area (Å²) in [6, 6.07) is 5.58. The Kier molecular flexibility index (Phi) is 5.23. The van der Waals surface area contributed by atoms with Gasteiger partial charge in [-0.3, -0.25) is 9.97 Å². The zero-order valence-corrected chi connectivity index (χ0v) is 14.5. The highest BCUT2D eigenvalue weighted by Gasteiger charge is 2.14. The lowest BCUT2D eigenvalue weighted by Gasteiger charge is -2.12. The van der Waals surface area contributed by atoms with Crippen LogP contribution in [-0.2, 0) is 13.0 Å². The fourth-order valence-electron chi connectivity index (χ4n) is 2.43. The minimum atomic E-state index is 0.177. The van der Waals surface area contributed by atoms with Gasteiger partial charge in [0.15, 0.2) is 12.4 Å². The van der Waals surface area contributed by atoms with Gasteiger partial charge in [-0.2, -0.15) is 4.98 Å². The van der Waals surface area contributed by atoms with Gasteiger partial charge in [0.25, 0.3) is 5.89 Å². The van der Waals surface area contributed by atoms with E-state index in [4.69, 9.17) is 14.0 Å². The Hall–Kier alpha value is -2.96. The van der Waals surface area contributed by atoms with E-state index in [0.717, 1.165) is 29.8 Å². The largest absolute Gasteiger partial charge is 0.497 e. The molecule has 7 nitrogen and oxygen atoms in total. The fraction of sp³-hybridized carbons (Fsp3) is 0.333. The van der Waals surface area contributed by atoms with E-state index < -0.39 is 0 Å². The van der Waals surface area contributed by atoms with E-state index in [0.29, 0.717) is 23.2 Å². The normalized spacial score (nSPS) is 10.7. The Balaban J connectivity index is 1.87. The first-order valence-corrected chi connectivity index (χ1v) is 8.11. The number of hydrogen-bond acceptors (Lipinski definition) is 7. The molecular formula is C18H20N4O3. The Labute approximate surface area is 146 Å². The van der Waals surface area contributed by atoms with Gasteiger partial charge in [-0.15, -0.1) is 0 Å². The summed E-state index contributed by atoms with van der Waals surface area (Å²) in [6.45, 7) is 4.15. The van der Waals surface area contributed by atoms with Crippen LogP contribution in [0.3, 0.4) is 0 Å². The molecule has 0 radical (unpaired) electrons. The maximum atomic E-state index is 5.92. The van der Waals surface area contributed by atoms with Crippen molar-refractivity contribution in [2.45, 2.75) is 33.3 Å². The lowest BCUT2D eigenvalue weighted by molar-refractivity contribution is 0.242. The van der Waals surface area contributed by atoms with Gasteiger partial charge in [0, 0.05) is 30.4 Å². The van der Waals surface area contributed by atoms with Crippen LogP contribution in [0.4, 0.5) is 0 Å². The number of rotatable bonds is 7. The summed E-state index contributed by atoms with van der Waals surface area (Å²) in [7, 11) is 1.61. The van der Waals surface area contributed by atoms with Gasteiger partial charge in [0.1, 0.15) is 11.5 Å². The third-order valence-electron chi connectivity index (χ3n) is 3.66. The molecule has 3 aromatic rings. The van der Waals surface area contributed by atoms with Crippen LogP contribution in [0.15, 0.2) is 35.1 Å². The first-order chi connectivity index (χ1) is 12.2. The lowest BCUT2D eigenvalue weighted by Crippen LogP contribution is -2.00. The van der Waals surface area contributed by atoms with E-state index in [1.54, 1.807) is 19.5 Å². The van der Waals surface area contributed by atoms with Crippen LogP contribution >= 0.6 is 0 Å². The fourth-order valence-corrected chi connectivity index (χ4v) is 2.43. The number of aromatic nitrogens is 4. The van der Waals surface area contributed by atoms with Crippen molar-refractivity contribution in [2.75, 3.05) is 7.11 Å². The summed E-state index contributed by atoms with van der Waals surface area (Å²) < 4.78 is 16.4. The molecule has 0 bridgehead atoms. The lowest BCUT2D eigenvalue weighted by atomic mass is 10.1. The molecule has 130 valence electrons. The Morgan fingerprint density at radius 1 is 1.16 bits per heavy atom. The van der Waals surface area contributed by atoms with Crippen molar-refractivity contribution in [3.63, 3.8) is 0 Å². The predicted molar refractivity (Wildman–Crippen MR) is 91.4 cm³/mol. The third kappa shape index (κ3) is 3.93. The van der Waals surface area contributed by atoms with Crippen LogP contribution in [0.1, 0.15) is 30.8 Å². The van der Waals surface area contributed by atoms with E-state index >= 15 is 0 Å². The molecule has 25 heavy (non-hydrogen) atoms. The second kappa shape index (κ2) is 7.74. The Morgan fingerprint density at radius 3 is 2.76 bits per heavy atom. The zero-order valence-electron chi connectivity index (χ0n) is 14.5. The highest BCUT2D eigenvalue weighted by atomic mass is 16.5. The van der Waals surface area contributed by atoms with Crippen molar-refractivity contribution < 1.29 is 14.0 Å². The van der Waals surface area contributed by atoms with Crippen molar-refractivity contribution in [2.24, 2.45) is 0 Å². The molecule has 0 saturated carbocycles. The minimum absolute atomic E-state index is 0.177. The molecule has 1 aromatic carbocycles. The molecule has 7 heteroatoms. The second-order valence-corrected chi connectivity index (χ2v) is 5.50. The quantitative estimate of drug-likeness (QED) is 0.652. The number of benzene rings is 1. The standard InChI is InChI=1S/C18H20N4O3/c1-4-5-16-21-17(25-22-16)11-24-15-10-13(23-3)6-7-14(15)18-12(2)19-8-9-20-18/h6-10H,4-5,11H2,1-3H3. The topological polar surface area (TPSA) is 83.2 Å². The number of methoxy groups -OCH3 is 1. The van der Waals surface area contributed by atoms with Gasteiger partial charge in [-0.1, -0.05) is 12.1 Å². The summed E-state index contributed by atoms with van der Waals surface area (Å²) >= 11 is 0. The van der Waals surface area contributed by atoms with Crippen LogP contribution in [0.2, 0.25) is 0 Å². The number of hydrogen-bond donors (Lipinski definition) is 0. The first kappa shape index (κ1) is 16.9. The maximum absolute atomic E-state index is 5.92. The van der Waals surface area contributed by atoms with Gasteiger partial charge in [0.05, 0.1) is 18.5 Å². The summed E-state index contributed by atoms with van der Waals surface area (Å²) in [5.41, 5.74) is 2.41. The highest BCUT2D eigenvalue weighted by Crippen LogP contribution is 2.33. The van der Waals surface area contributed by atoms with Crippen LogP contribution < -0.4 is 9.47 Å². The molecule has 0 saturated heterocycles. The monoisotopic (exact) mass is 340 g/mol. The predicted octanol–water partition coefficient (Wildman–Crippen LogP) is 3.38. The second-order valence-electron chi connectivity index (χ2n) is 5.50. The van der Waals surface area contributed by atoms with E-state index in [1.165, 1.54) is 0 Å². The molecule has 0 aliphatic rings. The summed E-state index contributed by atoms with van der Waals surface area (Å²) in [5, 5.41) is 3.93. The van der Waals surface area contributed by atoms with Gasteiger partial charge in [0.2, 0.25) is 0 Å². The third-order valence-corrected chi connectivity index (χ3v) is 3.66. The summed E-state index contributed by atoms with van der Waals surface area (Å²) in [5.74, 6) is 2.44. The van der Waals surface area contributed by atoms with Crippen LogP contribution in [-0.4, -0.2) is 27.2 Å². The van der Waals surface area contributed by atoms with E-state index in [-0.39, 0.29) is 6.61 Å². The number of ether oxygens (including phenoxy) is 2. The average Bonchev–Trinajstić information content (AvgIpc) is 3.08. The summed E-state index contributed by atoms with van der Waals surface area (Å²) in [4.78, 5) is 13.0. The molecule has 0 fully saturated rings. The number of nitrogens with zero attached hydrogens (tertiary/aromatic N) is 4. The van der Waals surface area contributed by atoms with E-state index in [2.05, 4.69) is 27.0 Å². The molecule has 3 rings (SSSR count). The van der Waals surface area contributed by atoms with Crippen molar-refractivity contribution in [3.8, 4) is 22.8 Å². The molecule has 0 aliphatic heterocycles. The smallest absolute Gasteiger partial charge is 0.264 e. The van der Waals surface area contributed by atoms with E-state index in [9.17, 15) is 0 Å². The molecule has 0 N–H and O–H groups in total. The Bertz CT molecular complexity index is 848. The first-order valence-electron chi connectivity index (χ1n) is 8.11. The van der Waals surface area contributed by atoms with Gasteiger partial charge >= 0.3 is 0 Å². The SMILES string of the molecule is CCCc1noc(COc2cc(OC)ccc2-c2nccnc2C)n1. The minimum Gasteiger partial charge on any atom is -0.497 e. The summed E-state index contributed by atoms with van der Waals surface area (Å²) in [6.07, 6.45) is 5.07. The average molecular weight is 340 g/mol. The molecule has 2 heterocycles. The molecular weight excluding hydrogens is 320 g/mol. The van der Waals surface area contributed by atoms with Crippen molar-refractivity contribution in [1.29, 1.82) is 0 Å². The van der Waals surface area contributed by atoms with Crippen molar-refractivity contribution in [1.82, 2.24) is 20.1 Å². The van der Waals surface area contributed by atoms with Crippen LogP contribution in [0, 0.1) is 6.92 Å². The van der Waals surface area contributed by atoms with Crippen molar-refractivity contribution >= 4 is 0 Å². The number of aryl methyl sites for hydroxylation is 2. The highest BCUT2D eigenvalue weighted by molar-refractivity contribution is 5.70. The molecule has 0 amide bonds. The van der Waals surface area contributed by atoms with Gasteiger partial charge < -0.3 is 14.0 Å². The van der Waals surface area contributed by atoms with E-state index in [1.807, 2.05) is 25.1 Å². The molecule has 0 unspecified atom stereocenters. The van der Waals surface area contributed by atoms with Crippen molar-refractivity contribution in [3.05, 3.63) is 48.0 Å². The molecule has 0 aliphatic carbocycles. The van der Waals surface area contributed by atoms with Crippen LogP contribution in [0.5, 0.6) is 11.5 Å². The zero-order chi connectivity index (χ0) is 17.6. The maximum Gasteiger partial charge on any atom is 0.264 e. The van der Waals surface area contributed by atoms with Crippen LogP contribution in [0.25, 0.3) is 11.3 Å². The van der Waals surface area contributed by atoms with Gasteiger partial charge in [-0.25, -0.2) is 0 Å². The Morgan fingerprint density at radius 2 is 2.00 bits per heavy atom. The van der Waals surface area contributed by atoms with Gasteiger partial charge in [-0.05, 0) is 25.5 Å². The molecule has 0 spiro atoms. The molecule has 2 aromatic heterocycles. The molecule has 0 atom stereocenters.